The number of benzene rings is 2. The Balaban J connectivity index is 1.40. The molecule has 1 aliphatic rings. The van der Waals surface area contributed by atoms with Crippen molar-refractivity contribution in [2.75, 3.05) is 50.0 Å². The highest BCUT2D eigenvalue weighted by molar-refractivity contribution is 6.39. The molecule has 0 aromatic heterocycles. The van der Waals surface area contributed by atoms with Crippen molar-refractivity contribution in [3.63, 3.8) is 0 Å². The first-order valence-corrected chi connectivity index (χ1v) is 10.5. The second-order valence-electron chi connectivity index (χ2n) is 7.85. The number of rotatable bonds is 6. The van der Waals surface area contributed by atoms with Gasteiger partial charge in [-0.05, 0) is 55.8 Å². The molecule has 9 heteroatoms. The van der Waals surface area contributed by atoms with Crippen LogP contribution < -0.4 is 15.5 Å². The van der Waals surface area contributed by atoms with E-state index < -0.39 is 23.6 Å². The van der Waals surface area contributed by atoms with Gasteiger partial charge in [0.15, 0.2) is 0 Å². The fourth-order valence-electron chi connectivity index (χ4n) is 3.47. The molecular weight excluding hydrogens is 421 g/mol. The number of nitrogens with zero attached hydrogens (tertiary/aromatic N) is 2. The molecule has 1 fully saturated rings. The number of piperazine rings is 1. The zero-order valence-electron chi connectivity index (χ0n) is 17.9. The van der Waals surface area contributed by atoms with Crippen LogP contribution in [0.2, 0.25) is 0 Å². The maximum Gasteiger partial charge on any atom is 0.416 e. The number of anilines is 2. The van der Waals surface area contributed by atoms with Crippen LogP contribution in [0, 0.1) is 0 Å². The molecule has 0 bridgehead atoms. The maximum absolute atomic E-state index is 12.7. The van der Waals surface area contributed by atoms with E-state index in [2.05, 4.69) is 51.7 Å². The molecule has 0 saturated carbocycles. The molecule has 172 valence electrons. The number of aryl methyl sites for hydroxylation is 1. The molecule has 2 amide bonds. The van der Waals surface area contributed by atoms with Gasteiger partial charge in [-0.2, -0.15) is 13.2 Å². The predicted molar refractivity (Wildman–Crippen MR) is 118 cm³/mol. The Hall–Kier alpha value is -3.07. The highest BCUT2D eigenvalue weighted by atomic mass is 19.4. The molecule has 2 N–H and O–H groups in total. The SMILES string of the molecule is CN1CCN(c2ccc(CCCNC(=O)C(=O)Nc3cccc(C(F)(F)F)c3)cc2)CC1. The Labute approximate surface area is 185 Å². The minimum Gasteiger partial charge on any atom is -0.369 e. The smallest absolute Gasteiger partial charge is 0.369 e. The molecule has 1 aliphatic heterocycles. The van der Waals surface area contributed by atoms with E-state index >= 15 is 0 Å². The van der Waals surface area contributed by atoms with Crippen LogP contribution in [0.4, 0.5) is 24.5 Å². The second kappa shape index (κ2) is 10.5. The molecule has 3 rings (SSSR count). The summed E-state index contributed by atoms with van der Waals surface area (Å²) in [7, 11) is 2.12. The molecule has 6 nitrogen and oxygen atoms in total. The highest BCUT2D eigenvalue weighted by Crippen LogP contribution is 2.30. The summed E-state index contributed by atoms with van der Waals surface area (Å²) in [5, 5.41) is 4.69. The van der Waals surface area contributed by atoms with Crippen molar-refractivity contribution >= 4 is 23.2 Å². The fraction of sp³-hybridized carbons (Fsp3) is 0.391. The van der Waals surface area contributed by atoms with Crippen LogP contribution in [0.3, 0.4) is 0 Å². The largest absolute Gasteiger partial charge is 0.416 e. The molecule has 2 aromatic rings. The predicted octanol–water partition coefficient (Wildman–Crippen LogP) is 3.14. The van der Waals surface area contributed by atoms with Crippen molar-refractivity contribution in [2.45, 2.75) is 19.0 Å². The first-order valence-electron chi connectivity index (χ1n) is 10.5. The van der Waals surface area contributed by atoms with E-state index in [1.54, 1.807) is 0 Å². The third-order valence-corrected chi connectivity index (χ3v) is 5.39. The number of amides is 2. The average Bonchev–Trinajstić information content (AvgIpc) is 2.77. The van der Waals surface area contributed by atoms with Gasteiger partial charge in [0.05, 0.1) is 5.56 Å². The molecule has 2 aromatic carbocycles. The first-order chi connectivity index (χ1) is 15.2. The lowest BCUT2D eigenvalue weighted by Crippen LogP contribution is -2.44. The van der Waals surface area contributed by atoms with Crippen molar-refractivity contribution in [1.29, 1.82) is 0 Å². The minimum atomic E-state index is -4.52. The summed E-state index contributed by atoms with van der Waals surface area (Å²) < 4.78 is 38.2. The Kier molecular flexibility index (Phi) is 7.74. The van der Waals surface area contributed by atoms with Crippen molar-refractivity contribution in [2.24, 2.45) is 0 Å². The van der Waals surface area contributed by atoms with Crippen LogP contribution in [0.15, 0.2) is 48.5 Å². The van der Waals surface area contributed by atoms with Gasteiger partial charge in [0.1, 0.15) is 0 Å². The van der Waals surface area contributed by atoms with Gasteiger partial charge >= 0.3 is 18.0 Å². The van der Waals surface area contributed by atoms with Crippen molar-refractivity contribution in [3.05, 3.63) is 59.7 Å². The number of halogens is 3. The number of likely N-dealkylation sites (N-methyl/N-ethyl adjacent to an activating group) is 1. The van der Waals surface area contributed by atoms with Gasteiger partial charge in [0, 0.05) is 44.1 Å². The molecule has 1 heterocycles. The number of hydrogen-bond acceptors (Lipinski definition) is 4. The molecule has 0 unspecified atom stereocenters. The average molecular weight is 448 g/mol. The highest BCUT2D eigenvalue weighted by Gasteiger charge is 2.30. The lowest BCUT2D eigenvalue weighted by atomic mass is 10.1. The summed E-state index contributed by atoms with van der Waals surface area (Å²) in [6.45, 7) is 4.38. The Morgan fingerprint density at radius 2 is 1.66 bits per heavy atom. The van der Waals surface area contributed by atoms with Crippen LogP contribution in [-0.4, -0.2) is 56.5 Å². The van der Waals surface area contributed by atoms with Crippen molar-refractivity contribution in [1.82, 2.24) is 10.2 Å². The number of carbonyl (C=O) groups excluding carboxylic acids is 2. The fourth-order valence-corrected chi connectivity index (χ4v) is 3.47. The minimum absolute atomic E-state index is 0.0829. The first kappa shape index (κ1) is 23.6. The van der Waals surface area contributed by atoms with Crippen LogP contribution in [0.25, 0.3) is 0 Å². The van der Waals surface area contributed by atoms with Gasteiger partial charge in [0.25, 0.3) is 0 Å². The lowest BCUT2D eigenvalue weighted by molar-refractivity contribution is -0.137. The Morgan fingerprint density at radius 3 is 2.31 bits per heavy atom. The number of alkyl halides is 3. The third kappa shape index (κ3) is 6.71. The van der Waals surface area contributed by atoms with E-state index in [4.69, 9.17) is 0 Å². The molecule has 32 heavy (non-hydrogen) atoms. The number of carbonyl (C=O) groups is 2. The van der Waals surface area contributed by atoms with Gasteiger partial charge in [-0.15, -0.1) is 0 Å². The third-order valence-electron chi connectivity index (χ3n) is 5.39. The summed E-state index contributed by atoms with van der Waals surface area (Å²) in [6, 6.07) is 12.5. The molecule has 0 radical (unpaired) electrons. The van der Waals surface area contributed by atoms with E-state index in [1.165, 1.54) is 17.8 Å². The van der Waals surface area contributed by atoms with Crippen LogP contribution in [-0.2, 0) is 22.2 Å². The molecular formula is C23H27F3N4O2. The summed E-state index contributed by atoms with van der Waals surface area (Å²) in [5.41, 5.74) is 1.35. The topological polar surface area (TPSA) is 64.7 Å². The van der Waals surface area contributed by atoms with Gasteiger partial charge in [-0.25, -0.2) is 0 Å². The lowest BCUT2D eigenvalue weighted by Gasteiger charge is -2.34. The molecule has 0 aliphatic carbocycles. The second-order valence-corrected chi connectivity index (χ2v) is 7.85. The summed E-state index contributed by atoms with van der Waals surface area (Å²) >= 11 is 0. The Bertz CT molecular complexity index is 924. The number of nitrogens with one attached hydrogen (secondary N) is 2. The van der Waals surface area contributed by atoms with Gasteiger partial charge in [-0.1, -0.05) is 18.2 Å². The summed E-state index contributed by atoms with van der Waals surface area (Å²) in [4.78, 5) is 28.5. The van der Waals surface area contributed by atoms with Gasteiger partial charge in [0.2, 0.25) is 0 Å². The van der Waals surface area contributed by atoms with Crippen molar-refractivity contribution < 1.29 is 22.8 Å². The zero-order chi connectivity index (χ0) is 23.1. The number of hydrogen-bond donors (Lipinski definition) is 2. The van der Waals surface area contributed by atoms with E-state index in [-0.39, 0.29) is 12.2 Å². The summed E-state index contributed by atoms with van der Waals surface area (Å²) in [5.74, 6) is -1.88. The molecule has 0 spiro atoms. The van der Waals surface area contributed by atoms with Gasteiger partial charge < -0.3 is 20.4 Å². The van der Waals surface area contributed by atoms with E-state index in [9.17, 15) is 22.8 Å². The van der Waals surface area contributed by atoms with Gasteiger partial charge in [-0.3, -0.25) is 9.59 Å². The normalized spacial score (nSPS) is 14.8. The van der Waals surface area contributed by atoms with Crippen LogP contribution >= 0.6 is 0 Å². The van der Waals surface area contributed by atoms with E-state index in [1.807, 2.05) is 0 Å². The molecule has 0 atom stereocenters. The van der Waals surface area contributed by atoms with E-state index in [0.29, 0.717) is 6.42 Å². The van der Waals surface area contributed by atoms with E-state index in [0.717, 1.165) is 50.3 Å². The Morgan fingerprint density at radius 1 is 0.969 bits per heavy atom. The van der Waals surface area contributed by atoms with Crippen molar-refractivity contribution in [3.8, 4) is 0 Å². The summed E-state index contributed by atoms with van der Waals surface area (Å²) in [6.07, 6.45) is -3.15. The quantitative estimate of drug-likeness (QED) is 0.527. The zero-order valence-corrected chi connectivity index (χ0v) is 17.9. The van der Waals surface area contributed by atoms with Crippen LogP contribution in [0.5, 0.6) is 0 Å². The maximum atomic E-state index is 12.7. The standard InChI is InChI=1S/C23H27F3N4O2/c1-29-12-14-30(15-13-29)20-9-7-17(8-10-20)4-3-11-27-21(31)22(32)28-19-6-2-5-18(16-19)23(24,25)26/h2,5-10,16H,3-4,11-15H2,1H3,(H,27,31)(H,28,32). The van der Waals surface area contributed by atoms with Crippen LogP contribution in [0.1, 0.15) is 17.5 Å². The monoisotopic (exact) mass is 448 g/mol. The molecule has 1 saturated heterocycles.